The van der Waals surface area contributed by atoms with Crippen LogP contribution in [0.3, 0.4) is 0 Å². The third kappa shape index (κ3) is 4.01. The second-order valence-electron chi connectivity index (χ2n) is 8.47. The lowest BCUT2D eigenvalue weighted by molar-refractivity contribution is -0.144. The van der Waals surface area contributed by atoms with Crippen molar-refractivity contribution in [2.45, 2.75) is 12.6 Å². The topological polar surface area (TPSA) is 104 Å². The largest absolute Gasteiger partial charge is 0.480 e. The number of ether oxygens (including phenoxy) is 2. The molecule has 0 bridgehead atoms. The second-order valence-corrected chi connectivity index (χ2v) is 8.47. The Hall–Kier alpha value is -3.56. The van der Waals surface area contributed by atoms with E-state index in [0.29, 0.717) is 24.0 Å². The van der Waals surface area contributed by atoms with E-state index in [-0.39, 0.29) is 12.4 Å². The van der Waals surface area contributed by atoms with Crippen LogP contribution in [0.15, 0.2) is 42.6 Å². The summed E-state index contributed by atoms with van der Waals surface area (Å²) in [5.41, 5.74) is 2.69. The summed E-state index contributed by atoms with van der Waals surface area (Å²) in [4.78, 5) is 28.1. The first kappa shape index (κ1) is 21.3. The molecule has 2 aliphatic heterocycles. The van der Waals surface area contributed by atoms with E-state index in [2.05, 4.69) is 4.90 Å². The number of aromatic nitrogens is 1. The van der Waals surface area contributed by atoms with Gasteiger partial charge in [-0.2, -0.15) is 0 Å². The van der Waals surface area contributed by atoms with E-state index >= 15 is 0 Å². The van der Waals surface area contributed by atoms with Gasteiger partial charge in [0, 0.05) is 62.4 Å². The van der Waals surface area contributed by atoms with Gasteiger partial charge in [-0.05, 0) is 35.9 Å². The maximum atomic E-state index is 12.3. The molecule has 172 valence electrons. The molecule has 0 spiro atoms. The van der Waals surface area contributed by atoms with E-state index in [9.17, 15) is 19.8 Å². The highest BCUT2D eigenvalue weighted by Crippen LogP contribution is 2.34. The lowest BCUT2D eigenvalue weighted by Crippen LogP contribution is -2.48. The summed E-state index contributed by atoms with van der Waals surface area (Å²) in [7, 11) is 1.84. The molecule has 0 saturated carbocycles. The van der Waals surface area contributed by atoms with Crippen molar-refractivity contribution < 1.29 is 29.3 Å². The van der Waals surface area contributed by atoms with E-state index in [1.54, 1.807) is 24.4 Å². The Bertz CT molecular complexity index is 1230. The van der Waals surface area contributed by atoms with Crippen LogP contribution >= 0.6 is 0 Å². The van der Waals surface area contributed by atoms with Crippen molar-refractivity contribution in [3.63, 3.8) is 0 Å². The number of carboxylic acids is 2. The Morgan fingerprint density at radius 2 is 1.76 bits per heavy atom. The molecule has 2 N–H and O–H groups in total. The minimum Gasteiger partial charge on any atom is -0.480 e. The third-order valence-corrected chi connectivity index (χ3v) is 6.41. The number of aryl methyl sites for hydroxylation is 1. The fourth-order valence-corrected chi connectivity index (χ4v) is 4.74. The summed E-state index contributed by atoms with van der Waals surface area (Å²) in [6, 6.07) is 9.93. The molecule has 0 radical (unpaired) electrons. The molecule has 5 rings (SSSR count). The maximum Gasteiger partial charge on any atom is 0.335 e. The SMILES string of the molecule is Cn1cc([C@H](C(=O)O)N2CCN(Cc3ccc4c(c3)OCO4)CC2)c2cc(C(=O)O)ccc21. The minimum absolute atomic E-state index is 0.146. The number of aromatic carboxylic acids is 1. The maximum absolute atomic E-state index is 12.3. The van der Waals surface area contributed by atoms with Crippen LogP contribution in [0, 0.1) is 0 Å². The highest BCUT2D eigenvalue weighted by molar-refractivity contribution is 5.96. The lowest BCUT2D eigenvalue weighted by atomic mass is 10.0. The Morgan fingerprint density at radius 3 is 2.48 bits per heavy atom. The highest BCUT2D eigenvalue weighted by atomic mass is 16.7. The third-order valence-electron chi connectivity index (χ3n) is 6.41. The fraction of sp³-hybridized carbons (Fsp3) is 0.333. The van der Waals surface area contributed by atoms with Gasteiger partial charge in [0.05, 0.1) is 5.56 Å². The van der Waals surface area contributed by atoms with Crippen LogP contribution in [0.4, 0.5) is 0 Å². The predicted octanol–water partition coefficient (Wildman–Crippen LogP) is 2.55. The second kappa shape index (κ2) is 8.42. The van der Waals surface area contributed by atoms with Gasteiger partial charge in [0.25, 0.3) is 0 Å². The van der Waals surface area contributed by atoms with Gasteiger partial charge < -0.3 is 24.3 Å². The van der Waals surface area contributed by atoms with Crippen LogP contribution in [-0.2, 0) is 18.4 Å². The molecule has 3 heterocycles. The average molecular weight is 451 g/mol. The molecule has 9 nitrogen and oxygen atoms in total. The Kier molecular flexibility index (Phi) is 5.43. The molecular formula is C24H25N3O6. The number of nitrogens with zero attached hydrogens (tertiary/aromatic N) is 3. The van der Waals surface area contributed by atoms with Crippen LogP contribution in [0.1, 0.15) is 27.5 Å². The van der Waals surface area contributed by atoms with Gasteiger partial charge in [0.15, 0.2) is 11.5 Å². The molecule has 2 aliphatic rings. The van der Waals surface area contributed by atoms with Crippen LogP contribution < -0.4 is 9.47 Å². The number of benzene rings is 2. The summed E-state index contributed by atoms with van der Waals surface area (Å²) >= 11 is 0. The van der Waals surface area contributed by atoms with Crippen molar-refractivity contribution in [3.05, 3.63) is 59.3 Å². The molecule has 1 atom stereocenters. The van der Waals surface area contributed by atoms with Crippen LogP contribution in [0.2, 0.25) is 0 Å². The number of rotatable bonds is 6. The molecule has 0 amide bonds. The standard InChI is InChI=1S/C24H25N3O6/c1-25-13-18(17-11-16(23(28)29)3-4-19(17)25)22(24(30)31)27-8-6-26(7-9-27)12-15-2-5-20-21(10-15)33-14-32-20/h2-5,10-11,13,22H,6-9,12,14H2,1H3,(H,28,29)(H,30,31)/t22-/m1/s1. The minimum atomic E-state index is -1.03. The van der Waals surface area contributed by atoms with Crippen molar-refractivity contribution >= 4 is 22.8 Å². The van der Waals surface area contributed by atoms with E-state index in [4.69, 9.17) is 9.47 Å². The number of hydrogen-bond donors (Lipinski definition) is 2. The number of hydrogen-bond acceptors (Lipinski definition) is 6. The molecule has 1 aromatic heterocycles. The fourth-order valence-electron chi connectivity index (χ4n) is 4.74. The molecule has 9 heteroatoms. The van der Waals surface area contributed by atoms with Gasteiger partial charge in [-0.25, -0.2) is 4.79 Å². The van der Waals surface area contributed by atoms with Gasteiger partial charge in [-0.15, -0.1) is 0 Å². The first-order valence-electron chi connectivity index (χ1n) is 10.8. The number of carboxylic acid groups (broad SMARTS) is 2. The van der Waals surface area contributed by atoms with E-state index in [1.165, 1.54) is 0 Å². The lowest BCUT2D eigenvalue weighted by Gasteiger charge is -2.37. The highest BCUT2D eigenvalue weighted by Gasteiger charge is 2.33. The average Bonchev–Trinajstić information content (AvgIpc) is 3.39. The molecule has 0 aliphatic carbocycles. The molecule has 1 fully saturated rings. The molecule has 33 heavy (non-hydrogen) atoms. The molecule has 0 unspecified atom stereocenters. The molecule has 1 saturated heterocycles. The summed E-state index contributed by atoms with van der Waals surface area (Å²) < 4.78 is 12.7. The van der Waals surface area contributed by atoms with Crippen molar-refractivity contribution in [3.8, 4) is 11.5 Å². The quantitative estimate of drug-likeness (QED) is 0.589. The summed E-state index contributed by atoms with van der Waals surface area (Å²) in [6.07, 6.45) is 1.80. The van der Waals surface area contributed by atoms with E-state index < -0.39 is 18.0 Å². The van der Waals surface area contributed by atoms with Gasteiger partial charge in [-0.1, -0.05) is 6.07 Å². The predicted molar refractivity (Wildman–Crippen MR) is 120 cm³/mol. The van der Waals surface area contributed by atoms with E-state index in [1.807, 2.05) is 34.7 Å². The number of fused-ring (bicyclic) bond motifs is 2. The van der Waals surface area contributed by atoms with Crippen LogP contribution in [-0.4, -0.2) is 69.5 Å². The van der Waals surface area contributed by atoms with Gasteiger partial charge in [-0.3, -0.25) is 14.6 Å². The summed E-state index contributed by atoms with van der Waals surface area (Å²) in [6.45, 7) is 3.63. The monoisotopic (exact) mass is 451 g/mol. The Balaban J connectivity index is 1.34. The zero-order chi connectivity index (χ0) is 23.1. The smallest absolute Gasteiger partial charge is 0.335 e. The van der Waals surface area contributed by atoms with E-state index in [0.717, 1.165) is 42.2 Å². The van der Waals surface area contributed by atoms with Gasteiger partial charge in [0.2, 0.25) is 6.79 Å². The zero-order valence-electron chi connectivity index (χ0n) is 18.2. The molecule has 3 aromatic rings. The molecule has 2 aromatic carbocycles. The summed E-state index contributed by atoms with van der Waals surface area (Å²) in [5.74, 6) is -0.453. The normalized spacial score (nSPS) is 17.4. The first-order chi connectivity index (χ1) is 15.9. The van der Waals surface area contributed by atoms with Crippen molar-refractivity contribution in [1.29, 1.82) is 0 Å². The number of piperazine rings is 1. The van der Waals surface area contributed by atoms with Crippen molar-refractivity contribution in [2.75, 3.05) is 33.0 Å². The summed E-state index contributed by atoms with van der Waals surface area (Å²) in [5, 5.41) is 20.2. The van der Waals surface area contributed by atoms with Crippen LogP contribution in [0.25, 0.3) is 10.9 Å². The Morgan fingerprint density at radius 1 is 1.00 bits per heavy atom. The molecular weight excluding hydrogens is 426 g/mol. The van der Waals surface area contributed by atoms with Crippen LogP contribution in [0.5, 0.6) is 11.5 Å². The Labute approximate surface area is 190 Å². The number of aliphatic carboxylic acids is 1. The van der Waals surface area contributed by atoms with Gasteiger partial charge in [0.1, 0.15) is 6.04 Å². The zero-order valence-corrected chi connectivity index (χ0v) is 18.2. The van der Waals surface area contributed by atoms with Crippen molar-refractivity contribution in [2.24, 2.45) is 7.05 Å². The van der Waals surface area contributed by atoms with Gasteiger partial charge >= 0.3 is 11.9 Å². The first-order valence-corrected chi connectivity index (χ1v) is 10.8. The number of carbonyl (C=O) groups is 2. The van der Waals surface area contributed by atoms with Crippen molar-refractivity contribution in [1.82, 2.24) is 14.4 Å².